The number of hydrogen-bond donors (Lipinski definition) is 3. The second kappa shape index (κ2) is 12.3. The predicted octanol–water partition coefficient (Wildman–Crippen LogP) is 2.54. The van der Waals surface area contributed by atoms with Crippen molar-refractivity contribution in [3.8, 4) is 0 Å². The lowest BCUT2D eigenvalue weighted by molar-refractivity contribution is -0.165. The van der Waals surface area contributed by atoms with Crippen LogP contribution in [0.15, 0.2) is 54.7 Å². The van der Waals surface area contributed by atoms with Crippen molar-refractivity contribution in [3.63, 3.8) is 0 Å². The van der Waals surface area contributed by atoms with Crippen LogP contribution in [-0.2, 0) is 31.1 Å². The fourth-order valence-electron chi connectivity index (χ4n) is 8.89. The molecule has 4 aliphatic heterocycles. The number of carbonyl (C=O) groups excluding carboxylic acids is 4. The van der Waals surface area contributed by atoms with Gasteiger partial charge in [0.15, 0.2) is 19.5 Å². The first-order valence-corrected chi connectivity index (χ1v) is 21.3. The van der Waals surface area contributed by atoms with Gasteiger partial charge in [0.25, 0.3) is 23.6 Å². The lowest BCUT2D eigenvalue weighted by Crippen LogP contribution is -2.74. The number of nitrogens with one attached hydrogen (secondary N) is 1. The predicted molar refractivity (Wildman–Crippen MR) is 205 cm³/mol. The SMILES string of the molecule is CS[C@@]1(CO)C(=O)N(C)[C@@](Cc2cn([C@]34C[C@]5(SC)C(=O)N(C)[C@@](CO)(SC)C(=O)N5[C@H]3Nc3ccccc34)c3ccccc23)(SC)C(=O)N1C. The summed E-state index contributed by atoms with van der Waals surface area (Å²) >= 11 is 4.89. The van der Waals surface area contributed by atoms with E-state index in [0.29, 0.717) is 0 Å². The number of likely N-dealkylation sites (N-methyl/N-ethyl adjacent to an activating group) is 3. The van der Waals surface area contributed by atoms with Crippen LogP contribution < -0.4 is 5.32 Å². The second-order valence-electron chi connectivity index (χ2n) is 13.4. The molecule has 4 amide bonds. The Hall–Kier alpha value is -3.02. The van der Waals surface area contributed by atoms with Crippen LogP contribution in [0, 0.1) is 0 Å². The van der Waals surface area contributed by atoms with Gasteiger partial charge in [-0.3, -0.25) is 24.1 Å². The molecule has 2 aromatic carbocycles. The summed E-state index contributed by atoms with van der Waals surface area (Å²) in [5.41, 5.74) is 2.42. The van der Waals surface area contributed by atoms with Crippen molar-refractivity contribution in [2.24, 2.45) is 0 Å². The molecular formula is C35H42N6O6S4. The molecule has 51 heavy (non-hydrogen) atoms. The van der Waals surface area contributed by atoms with E-state index in [4.69, 9.17) is 0 Å². The normalized spacial score (nSPS) is 33.2. The summed E-state index contributed by atoms with van der Waals surface area (Å²) in [4.78, 5) is 58.3. The van der Waals surface area contributed by atoms with Gasteiger partial charge in [0.2, 0.25) is 0 Å². The lowest BCUT2D eigenvalue weighted by Gasteiger charge is -2.53. The summed E-state index contributed by atoms with van der Waals surface area (Å²) in [7, 11) is 4.79. The summed E-state index contributed by atoms with van der Waals surface area (Å²) < 4.78 is 2.16. The van der Waals surface area contributed by atoms with Gasteiger partial charge in [0, 0.05) is 62.3 Å². The molecule has 0 unspecified atom stereocenters. The van der Waals surface area contributed by atoms with Gasteiger partial charge >= 0.3 is 0 Å². The van der Waals surface area contributed by atoms with E-state index in [9.17, 15) is 29.4 Å². The highest BCUT2D eigenvalue weighted by Gasteiger charge is 2.74. The van der Waals surface area contributed by atoms with Crippen molar-refractivity contribution in [2.75, 3.05) is 64.7 Å². The Morgan fingerprint density at radius 3 is 1.90 bits per heavy atom. The Kier molecular flexibility index (Phi) is 8.74. The molecule has 0 bridgehead atoms. The highest BCUT2D eigenvalue weighted by atomic mass is 32.2. The van der Waals surface area contributed by atoms with Crippen molar-refractivity contribution in [1.82, 2.24) is 24.2 Å². The molecule has 0 radical (unpaired) electrons. The van der Waals surface area contributed by atoms with Crippen LogP contribution in [0.4, 0.5) is 5.69 Å². The van der Waals surface area contributed by atoms with Gasteiger partial charge in [0.05, 0.1) is 13.2 Å². The molecule has 3 N–H and O–H groups in total. The molecule has 5 heterocycles. The number of amides is 4. The summed E-state index contributed by atoms with van der Waals surface area (Å²) in [6, 6.07) is 15.8. The van der Waals surface area contributed by atoms with E-state index in [2.05, 4.69) is 9.88 Å². The number of para-hydroxylation sites is 2. The first-order valence-electron chi connectivity index (χ1n) is 16.4. The molecule has 272 valence electrons. The minimum atomic E-state index is -1.50. The van der Waals surface area contributed by atoms with Crippen LogP contribution in [0.2, 0.25) is 0 Å². The summed E-state index contributed by atoms with van der Waals surface area (Å²) in [6.07, 6.45) is 8.81. The van der Waals surface area contributed by atoms with E-state index < -0.39 is 44.4 Å². The molecule has 6 atom stereocenters. The largest absolute Gasteiger partial charge is 0.392 e. The first-order chi connectivity index (χ1) is 24.3. The van der Waals surface area contributed by atoms with Crippen LogP contribution in [0.25, 0.3) is 10.9 Å². The standard InChI is InChI=1S/C35H42N6O6S4/c1-37-29(46)34(19-42,50-6)38(2)27(44)32(37,48-4)16-21-17-40(25-15-11-8-12-22(21)25)31-18-33(49-5)28(45)39(3)35(20-43,51-7)30(47)41(33)26(31)36-24-14-10-9-13-23(24)31/h8-15,17,26,36,42-43H,16,18-20H2,1-7H3/t26-,31+,32+,33+,34+,35+/m1/s1. The minimum Gasteiger partial charge on any atom is -0.392 e. The van der Waals surface area contributed by atoms with Crippen LogP contribution >= 0.6 is 47.0 Å². The van der Waals surface area contributed by atoms with Crippen LogP contribution in [0.5, 0.6) is 0 Å². The fraction of sp³-hybridized carbons (Fsp3) is 0.486. The number of thioether (sulfide) groups is 4. The van der Waals surface area contributed by atoms with Gasteiger partial charge in [-0.25, -0.2) is 0 Å². The summed E-state index contributed by atoms with van der Waals surface area (Å²) in [5.74, 6) is -1.27. The number of nitrogens with zero attached hydrogens (tertiary/aromatic N) is 5. The number of benzene rings is 2. The smallest absolute Gasteiger partial charge is 0.264 e. The molecule has 0 spiro atoms. The van der Waals surface area contributed by atoms with Gasteiger partial charge < -0.3 is 34.8 Å². The molecule has 0 saturated carbocycles. The zero-order chi connectivity index (χ0) is 36.9. The average molecular weight is 771 g/mol. The molecule has 12 nitrogen and oxygen atoms in total. The molecular weight excluding hydrogens is 729 g/mol. The Labute approximate surface area is 314 Å². The number of fused-ring (bicyclic) bond motifs is 6. The van der Waals surface area contributed by atoms with Crippen molar-refractivity contribution in [2.45, 2.75) is 44.0 Å². The van der Waals surface area contributed by atoms with E-state index in [-0.39, 0.29) is 36.5 Å². The van der Waals surface area contributed by atoms with Crippen molar-refractivity contribution in [1.29, 1.82) is 0 Å². The molecule has 3 fully saturated rings. The van der Waals surface area contributed by atoms with Gasteiger partial charge in [0.1, 0.15) is 11.7 Å². The van der Waals surface area contributed by atoms with Crippen LogP contribution in [-0.4, -0.2) is 143 Å². The first kappa shape index (κ1) is 36.3. The third-order valence-corrected chi connectivity index (χ3v) is 16.8. The van der Waals surface area contributed by atoms with Crippen molar-refractivity contribution >= 4 is 87.3 Å². The quantitative estimate of drug-likeness (QED) is 0.296. The fourth-order valence-corrected chi connectivity index (χ4v) is 12.5. The Morgan fingerprint density at radius 1 is 0.725 bits per heavy atom. The minimum absolute atomic E-state index is 0.164. The lowest BCUT2D eigenvalue weighted by atomic mass is 9.86. The number of aliphatic hydroxyl groups excluding tert-OH is 2. The Bertz CT molecular complexity index is 1970. The van der Waals surface area contributed by atoms with E-state index in [0.717, 1.165) is 51.2 Å². The summed E-state index contributed by atoms with van der Waals surface area (Å²) in [6.45, 7) is -1.06. The summed E-state index contributed by atoms with van der Waals surface area (Å²) in [5, 5.41) is 25.6. The van der Waals surface area contributed by atoms with Gasteiger partial charge in [-0.15, -0.1) is 47.0 Å². The van der Waals surface area contributed by atoms with Crippen molar-refractivity contribution < 1.29 is 29.4 Å². The molecule has 4 aliphatic rings. The van der Waals surface area contributed by atoms with Crippen LogP contribution in [0.3, 0.4) is 0 Å². The van der Waals surface area contributed by atoms with E-state index in [1.165, 1.54) is 38.2 Å². The highest BCUT2D eigenvalue weighted by molar-refractivity contribution is 8.02. The molecule has 0 aliphatic carbocycles. The molecule has 3 aromatic rings. The molecule has 3 saturated heterocycles. The maximum atomic E-state index is 14.8. The number of hydrogen-bond acceptors (Lipinski definition) is 11. The number of rotatable bonds is 9. The third kappa shape index (κ3) is 4.23. The van der Waals surface area contributed by atoms with E-state index in [1.807, 2.05) is 67.2 Å². The van der Waals surface area contributed by atoms with E-state index >= 15 is 0 Å². The van der Waals surface area contributed by atoms with Gasteiger partial charge in [-0.2, -0.15) is 0 Å². The zero-order valence-corrected chi connectivity index (χ0v) is 32.8. The van der Waals surface area contributed by atoms with Gasteiger partial charge in [-0.1, -0.05) is 36.4 Å². The monoisotopic (exact) mass is 770 g/mol. The number of piperazine rings is 2. The highest BCUT2D eigenvalue weighted by Crippen LogP contribution is 2.62. The Balaban J connectivity index is 1.46. The number of anilines is 1. The Morgan fingerprint density at radius 2 is 1.27 bits per heavy atom. The second-order valence-corrected chi connectivity index (χ2v) is 17.8. The zero-order valence-electron chi connectivity index (χ0n) is 29.5. The average Bonchev–Trinajstić information content (AvgIpc) is 3.78. The molecule has 7 rings (SSSR count). The number of carbonyl (C=O) groups is 4. The van der Waals surface area contributed by atoms with Crippen molar-refractivity contribution in [3.05, 3.63) is 65.9 Å². The third-order valence-electron chi connectivity index (χ3n) is 11.8. The van der Waals surface area contributed by atoms with Gasteiger partial charge in [-0.05, 0) is 42.7 Å². The molecule has 1 aromatic heterocycles. The maximum Gasteiger partial charge on any atom is 0.264 e. The number of aliphatic hydroxyl groups is 2. The number of aromatic nitrogens is 1. The van der Waals surface area contributed by atoms with Crippen LogP contribution in [0.1, 0.15) is 17.5 Å². The topological polar surface area (TPSA) is 139 Å². The molecule has 16 heteroatoms. The maximum absolute atomic E-state index is 14.8. The van der Waals surface area contributed by atoms with E-state index in [1.54, 1.807) is 38.6 Å².